The molecule has 0 aromatic carbocycles. The van der Waals surface area contributed by atoms with E-state index in [2.05, 4.69) is 0 Å². The van der Waals surface area contributed by atoms with Gasteiger partial charge in [-0.15, -0.1) is 0 Å². The summed E-state index contributed by atoms with van der Waals surface area (Å²) in [5, 5.41) is 9.38. The molecule has 0 aromatic heterocycles. The molecule has 1 saturated carbocycles. The number of hydrogen-bond donors (Lipinski definition) is 1. The summed E-state index contributed by atoms with van der Waals surface area (Å²) < 4.78 is 5.32. The largest absolute Gasteiger partial charge is 0.480 e. The molecule has 0 aliphatic heterocycles. The second-order valence-electron chi connectivity index (χ2n) is 6.01. The summed E-state index contributed by atoms with van der Waals surface area (Å²) in [7, 11) is 0. The Bertz CT molecular complexity index is 343. The quantitative estimate of drug-likeness (QED) is 0.840. The summed E-state index contributed by atoms with van der Waals surface area (Å²) in [4.78, 5) is 25.0. The molecule has 0 bridgehead atoms. The number of hydrogen-bond acceptors (Lipinski definition) is 3. The fourth-order valence-corrected chi connectivity index (χ4v) is 1.82. The minimum absolute atomic E-state index is 0.000833. The van der Waals surface area contributed by atoms with Gasteiger partial charge in [-0.2, -0.15) is 0 Å². The molecule has 1 atom stereocenters. The number of ether oxygens (including phenoxy) is 1. The summed E-state index contributed by atoms with van der Waals surface area (Å²) >= 11 is 0. The maximum Gasteiger partial charge on any atom is 0.411 e. The summed E-state index contributed by atoms with van der Waals surface area (Å²) in [5.74, 6) is -0.984. The van der Waals surface area contributed by atoms with Gasteiger partial charge in [0.2, 0.25) is 0 Å². The predicted molar refractivity (Wildman–Crippen MR) is 67.4 cm³/mol. The van der Waals surface area contributed by atoms with Crippen LogP contribution in [0.2, 0.25) is 0 Å². The molecule has 18 heavy (non-hydrogen) atoms. The zero-order chi connectivity index (χ0) is 14.1. The van der Waals surface area contributed by atoms with Crippen LogP contribution >= 0.6 is 0 Å². The van der Waals surface area contributed by atoms with Gasteiger partial charge >= 0.3 is 12.1 Å². The van der Waals surface area contributed by atoms with E-state index in [1.807, 2.05) is 0 Å². The number of amides is 1. The van der Waals surface area contributed by atoms with E-state index in [1.54, 1.807) is 34.6 Å². The number of carbonyl (C=O) groups is 2. The fourth-order valence-electron chi connectivity index (χ4n) is 1.82. The van der Waals surface area contributed by atoms with E-state index in [4.69, 9.17) is 4.74 Å². The van der Waals surface area contributed by atoms with Crippen molar-refractivity contribution >= 4 is 12.1 Å². The average Bonchev–Trinajstić information content (AvgIpc) is 2.98. The maximum absolute atomic E-state index is 12.2. The molecule has 1 unspecified atom stereocenters. The van der Waals surface area contributed by atoms with Crippen molar-refractivity contribution in [3.05, 3.63) is 0 Å². The molecule has 0 spiro atoms. The van der Waals surface area contributed by atoms with Crippen molar-refractivity contribution in [3.63, 3.8) is 0 Å². The molecule has 1 aliphatic rings. The SMILES string of the molecule is CCC(C)(C(=O)O)N(C(=O)OC(C)(C)C)C1CC1. The van der Waals surface area contributed by atoms with Crippen molar-refractivity contribution in [2.24, 2.45) is 0 Å². The molecule has 1 N–H and O–H groups in total. The summed E-state index contributed by atoms with van der Waals surface area (Å²) in [5.41, 5.74) is -1.80. The third-order valence-electron chi connectivity index (χ3n) is 3.18. The van der Waals surface area contributed by atoms with E-state index >= 15 is 0 Å². The third kappa shape index (κ3) is 3.15. The lowest BCUT2D eigenvalue weighted by atomic mass is 9.96. The molecule has 0 heterocycles. The first-order chi connectivity index (χ1) is 8.12. The molecule has 1 rings (SSSR count). The second-order valence-corrected chi connectivity index (χ2v) is 6.01. The molecule has 0 saturated heterocycles. The van der Waals surface area contributed by atoms with Crippen LogP contribution < -0.4 is 0 Å². The maximum atomic E-state index is 12.2. The lowest BCUT2D eigenvalue weighted by Crippen LogP contribution is -2.56. The highest BCUT2D eigenvalue weighted by Gasteiger charge is 2.49. The highest BCUT2D eigenvalue weighted by atomic mass is 16.6. The first-order valence-electron chi connectivity index (χ1n) is 6.37. The fraction of sp³-hybridized carbons (Fsp3) is 0.846. The number of aliphatic carboxylic acids is 1. The highest BCUT2D eigenvalue weighted by molar-refractivity contribution is 5.84. The summed E-state index contributed by atoms with van der Waals surface area (Å²) in [6, 6.07) is 0.000833. The Hall–Kier alpha value is -1.26. The van der Waals surface area contributed by atoms with Crippen LogP contribution in [-0.2, 0) is 9.53 Å². The van der Waals surface area contributed by atoms with Gasteiger partial charge in [0.15, 0.2) is 0 Å². The van der Waals surface area contributed by atoms with E-state index in [1.165, 1.54) is 4.90 Å². The second kappa shape index (κ2) is 4.78. The Morgan fingerprint density at radius 2 is 1.78 bits per heavy atom. The van der Waals surface area contributed by atoms with Gasteiger partial charge in [0, 0.05) is 6.04 Å². The zero-order valence-electron chi connectivity index (χ0n) is 11.8. The van der Waals surface area contributed by atoms with E-state index < -0.39 is 23.2 Å². The van der Waals surface area contributed by atoms with Crippen molar-refractivity contribution in [2.45, 2.75) is 71.1 Å². The van der Waals surface area contributed by atoms with Crippen molar-refractivity contribution < 1.29 is 19.4 Å². The van der Waals surface area contributed by atoms with Gasteiger partial charge in [0.25, 0.3) is 0 Å². The molecule has 5 nitrogen and oxygen atoms in total. The molecule has 1 aliphatic carbocycles. The summed E-state index contributed by atoms with van der Waals surface area (Å²) in [6.07, 6.45) is 1.53. The van der Waals surface area contributed by atoms with Gasteiger partial charge in [-0.05, 0) is 47.0 Å². The van der Waals surface area contributed by atoms with Gasteiger partial charge in [-0.25, -0.2) is 9.59 Å². The van der Waals surface area contributed by atoms with Gasteiger partial charge in [-0.3, -0.25) is 4.90 Å². The van der Waals surface area contributed by atoms with Crippen molar-refractivity contribution in [2.75, 3.05) is 0 Å². The third-order valence-corrected chi connectivity index (χ3v) is 3.18. The van der Waals surface area contributed by atoms with Crippen molar-refractivity contribution in [1.82, 2.24) is 4.90 Å². The number of rotatable bonds is 4. The molecule has 0 aromatic rings. The average molecular weight is 257 g/mol. The van der Waals surface area contributed by atoms with Gasteiger partial charge < -0.3 is 9.84 Å². The van der Waals surface area contributed by atoms with E-state index in [0.29, 0.717) is 6.42 Å². The Kier molecular flexibility index (Phi) is 3.93. The lowest BCUT2D eigenvalue weighted by Gasteiger charge is -2.38. The highest BCUT2D eigenvalue weighted by Crippen LogP contribution is 2.36. The van der Waals surface area contributed by atoms with Crippen molar-refractivity contribution in [3.8, 4) is 0 Å². The predicted octanol–water partition coefficient (Wildman–Crippen LogP) is 2.64. The molecule has 104 valence electrons. The van der Waals surface area contributed by atoms with E-state index in [0.717, 1.165) is 12.8 Å². The topological polar surface area (TPSA) is 66.8 Å². The first kappa shape index (κ1) is 14.8. The molecular formula is C13H23NO4. The molecular weight excluding hydrogens is 234 g/mol. The molecule has 1 fully saturated rings. The first-order valence-corrected chi connectivity index (χ1v) is 6.37. The minimum atomic E-state index is -1.19. The zero-order valence-corrected chi connectivity index (χ0v) is 11.8. The monoisotopic (exact) mass is 257 g/mol. The Balaban J connectivity index is 2.95. The van der Waals surface area contributed by atoms with Crippen LogP contribution in [0.25, 0.3) is 0 Å². The van der Waals surface area contributed by atoms with Gasteiger partial charge in [0.1, 0.15) is 11.1 Å². The standard InChI is InChI=1S/C13H23NO4/c1-6-13(5,10(15)16)14(9-7-8-9)11(17)18-12(2,3)4/h9H,6-8H2,1-5H3,(H,15,16). The number of carboxylic acids is 1. The van der Waals surface area contributed by atoms with Crippen LogP contribution in [0.4, 0.5) is 4.79 Å². The Labute approximate surface area is 108 Å². The van der Waals surface area contributed by atoms with Crippen molar-refractivity contribution in [1.29, 1.82) is 0 Å². The molecule has 1 amide bonds. The van der Waals surface area contributed by atoms with Gasteiger partial charge in [0.05, 0.1) is 0 Å². The van der Waals surface area contributed by atoms with E-state index in [-0.39, 0.29) is 6.04 Å². The number of nitrogens with zero attached hydrogens (tertiary/aromatic N) is 1. The van der Waals surface area contributed by atoms with Gasteiger partial charge in [-0.1, -0.05) is 6.92 Å². The van der Waals surface area contributed by atoms with Crippen LogP contribution in [0.3, 0.4) is 0 Å². The lowest BCUT2D eigenvalue weighted by molar-refractivity contribution is -0.150. The normalized spacial score (nSPS) is 18.9. The van der Waals surface area contributed by atoms with Crippen LogP contribution in [-0.4, -0.2) is 39.3 Å². The molecule has 0 radical (unpaired) electrons. The van der Waals surface area contributed by atoms with Crippen LogP contribution in [0.1, 0.15) is 53.9 Å². The van der Waals surface area contributed by atoms with Crippen LogP contribution in [0.5, 0.6) is 0 Å². The number of carboxylic acid groups (broad SMARTS) is 1. The minimum Gasteiger partial charge on any atom is -0.480 e. The van der Waals surface area contributed by atoms with E-state index in [9.17, 15) is 14.7 Å². The Morgan fingerprint density at radius 3 is 2.06 bits per heavy atom. The smallest absolute Gasteiger partial charge is 0.411 e. The molecule has 5 heteroatoms. The summed E-state index contributed by atoms with van der Waals surface area (Å²) in [6.45, 7) is 8.69. The van der Waals surface area contributed by atoms with Crippen LogP contribution in [0.15, 0.2) is 0 Å². The van der Waals surface area contributed by atoms with Crippen LogP contribution in [0, 0.1) is 0 Å². The Morgan fingerprint density at radius 1 is 1.28 bits per heavy atom. The number of carbonyl (C=O) groups excluding carboxylic acids is 1.